The summed E-state index contributed by atoms with van der Waals surface area (Å²) in [4.78, 5) is 12.1. The summed E-state index contributed by atoms with van der Waals surface area (Å²) in [6.45, 7) is 11.1. The zero-order valence-electron chi connectivity index (χ0n) is 16.9. The van der Waals surface area contributed by atoms with E-state index in [4.69, 9.17) is 9.47 Å². The van der Waals surface area contributed by atoms with E-state index < -0.39 is 5.79 Å². The van der Waals surface area contributed by atoms with Crippen molar-refractivity contribution in [1.29, 1.82) is 0 Å². The third-order valence-electron chi connectivity index (χ3n) is 5.04. The Morgan fingerprint density at radius 2 is 1.82 bits per heavy atom. The van der Waals surface area contributed by atoms with Crippen molar-refractivity contribution >= 4 is 28.1 Å². The summed E-state index contributed by atoms with van der Waals surface area (Å²) in [7, 11) is 0. The molecule has 6 nitrogen and oxygen atoms in total. The molecule has 0 atom stereocenters. The number of hydrogen-bond donors (Lipinski definition) is 1. The standard InChI is InChI=1S/C21H26BrN3O3/c1-13-7-6-8-14(2)20(13)25-15(3)17(19(22)16(25)4)12-23-24-18(26)11-21(5)27-9-10-28-21/h6-8,12H,9-11H2,1-5H3,(H,24,26). The zero-order chi connectivity index (χ0) is 20.5. The van der Waals surface area contributed by atoms with Crippen LogP contribution in [0.5, 0.6) is 0 Å². The molecule has 0 aliphatic carbocycles. The van der Waals surface area contributed by atoms with Gasteiger partial charge in [-0.2, -0.15) is 5.10 Å². The number of aromatic nitrogens is 1. The average molecular weight is 448 g/mol. The van der Waals surface area contributed by atoms with Gasteiger partial charge < -0.3 is 14.0 Å². The van der Waals surface area contributed by atoms with Crippen molar-refractivity contribution in [2.24, 2.45) is 5.10 Å². The summed E-state index contributed by atoms with van der Waals surface area (Å²) in [6, 6.07) is 6.28. The summed E-state index contributed by atoms with van der Waals surface area (Å²) in [6.07, 6.45) is 1.78. The van der Waals surface area contributed by atoms with Crippen molar-refractivity contribution in [3.8, 4) is 5.69 Å². The van der Waals surface area contributed by atoms with E-state index in [1.54, 1.807) is 13.1 Å². The smallest absolute Gasteiger partial charge is 0.245 e. The topological polar surface area (TPSA) is 64.9 Å². The zero-order valence-corrected chi connectivity index (χ0v) is 18.5. The first-order valence-corrected chi connectivity index (χ1v) is 10.1. The number of halogens is 1. The minimum absolute atomic E-state index is 0.104. The van der Waals surface area contributed by atoms with Crippen LogP contribution in [0.4, 0.5) is 0 Å². The molecule has 0 radical (unpaired) electrons. The Labute approximate surface area is 174 Å². The van der Waals surface area contributed by atoms with Gasteiger partial charge in [-0.1, -0.05) is 18.2 Å². The Kier molecular flexibility index (Phi) is 6.07. The lowest BCUT2D eigenvalue weighted by atomic mass is 10.1. The first-order valence-electron chi connectivity index (χ1n) is 9.27. The first kappa shape index (κ1) is 20.8. The Morgan fingerprint density at radius 1 is 1.21 bits per heavy atom. The Balaban J connectivity index is 1.82. The summed E-state index contributed by atoms with van der Waals surface area (Å²) in [5, 5.41) is 4.15. The maximum Gasteiger partial charge on any atom is 0.245 e. The molecule has 1 aliphatic rings. The van der Waals surface area contributed by atoms with Crippen LogP contribution < -0.4 is 5.43 Å². The SMILES string of the molecule is Cc1cccc(C)c1-n1c(C)c(Br)c(C=NNC(=O)CC2(C)OCCO2)c1C. The van der Waals surface area contributed by atoms with E-state index in [2.05, 4.69) is 70.0 Å². The average Bonchev–Trinajstić information content (AvgIpc) is 3.13. The number of aryl methyl sites for hydroxylation is 2. The van der Waals surface area contributed by atoms with Crippen LogP contribution in [0.1, 0.15) is 41.4 Å². The number of carbonyl (C=O) groups is 1. The van der Waals surface area contributed by atoms with E-state index in [0.717, 1.165) is 21.4 Å². The monoisotopic (exact) mass is 447 g/mol. The van der Waals surface area contributed by atoms with Crippen LogP contribution in [-0.4, -0.2) is 35.7 Å². The van der Waals surface area contributed by atoms with Crippen LogP contribution in [0.15, 0.2) is 27.8 Å². The van der Waals surface area contributed by atoms with Crippen molar-refractivity contribution in [2.75, 3.05) is 13.2 Å². The molecule has 3 rings (SSSR count). The molecular weight excluding hydrogens is 422 g/mol. The van der Waals surface area contributed by atoms with Gasteiger partial charge in [0.25, 0.3) is 0 Å². The number of para-hydroxylation sites is 1. The third kappa shape index (κ3) is 4.06. The Morgan fingerprint density at radius 3 is 2.43 bits per heavy atom. The largest absolute Gasteiger partial charge is 0.347 e. The summed E-state index contributed by atoms with van der Waals surface area (Å²) in [5.74, 6) is -1.11. The Bertz CT molecular complexity index is 907. The molecule has 1 amide bonds. The minimum atomic E-state index is -0.863. The predicted molar refractivity (Wildman–Crippen MR) is 113 cm³/mol. The van der Waals surface area contributed by atoms with Gasteiger partial charge >= 0.3 is 0 Å². The second-order valence-electron chi connectivity index (χ2n) is 7.27. The molecule has 7 heteroatoms. The molecule has 0 bridgehead atoms. The number of carbonyl (C=O) groups excluding carboxylic acids is 1. The van der Waals surface area contributed by atoms with Crippen molar-refractivity contribution < 1.29 is 14.3 Å². The van der Waals surface area contributed by atoms with E-state index >= 15 is 0 Å². The van der Waals surface area contributed by atoms with Crippen molar-refractivity contribution in [1.82, 2.24) is 9.99 Å². The highest BCUT2D eigenvalue weighted by Crippen LogP contribution is 2.32. The second-order valence-corrected chi connectivity index (χ2v) is 8.07. The number of amides is 1. The van der Waals surface area contributed by atoms with Gasteiger partial charge in [0.1, 0.15) is 0 Å². The van der Waals surface area contributed by atoms with E-state index in [1.807, 2.05) is 6.92 Å². The molecule has 1 aliphatic heterocycles. The molecule has 0 saturated carbocycles. The number of ether oxygens (including phenoxy) is 2. The van der Waals surface area contributed by atoms with Gasteiger partial charge in [-0.15, -0.1) is 0 Å². The van der Waals surface area contributed by atoms with Crippen LogP contribution in [0.25, 0.3) is 5.69 Å². The fourth-order valence-electron chi connectivity index (χ4n) is 3.63. The third-order valence-corrected chi connectivity index (χ3v) is 6.04. The van der Waals surface area contributed by atoms with Crippen molar-refractivity contribution in [2.45, 2.75) is 46.8 Å². The molecule has 1 aromatic heterocycles. The van der Waals surface area contributed by atoms with Crippen LogP contribution >= 0.6 is 15.9 Å². The fraction of sp³-hybridized carbons (Fsp3) is 0.429. The van der Waals surface area contributed by atoms with Crippen molar-refractivity contribution in [3.63, 3.8) is 0 Å². The van der Waals surface area contributed by atoms with E-state index in [1.165, 1.54) is 16.8 Å². The van der Waals surface area contributed by atoms with Gasteiger partial charge in [0.2, 0.25) is 5.91 Å². The molecule has 2 aromatic rings. The van der Waals surface area contributed by atoms with Gasteiger partial charge in [0, 0.05) is 21.4 Å². The number of benzene rings is 1. The summed E-state index contributed by atoms with van der Waals surface area (Å²) >= 11 is 3.68. The highest BCUT2D eigenvalue weighted by Gasteiger charge is 2.33. The molecule has 0 unspecified atom stereocenters. The Hall–Kier alpha value is -1.96. The number of nitrogens with zero attached hydrogens (tertiary/aromatic N) is 2. The molecule has 1 fully saturated rings. The lowest BCUT2D eigenvalue weighted by Crippen LogP contribution is -2.33. The number of nitrogens with one attached hydrogen (secondary N) is 1. The van der Waals surface area contributed by atoms with Crippen molar-refractivity contribution in [3.05, 3.63) is 50.8 Å². The normalized spacial score (nSPS) is 16.1. The molecule has 1 aromatic carbocycles. The summed E-state index contributed by atoms with van der Waals surface area (Å²) < 4.78 is 14.1. The van der Waals surface area contributed by atoms with Crippen LogP contribution in [0.2, 0.25) is 0 Å². The van der Waals surface area contributed by atoms with Gasteiger partial charge in [-0.25, -0.2) is 5.43 Å². The molecule has 1 saturated heterocycles. The highest BCUT2D eigenvalue weighted by molar-refractivity contribution is 9.10. The molecular formula is C21H26BrN3O3. The highest BCUT2D eigenvalue weighted by atomic mass is 79.9. The maximum absolute atomic E-state index is 12.1. The fourth-order valence-corrected chi connectivity index (χ4v) is 4.19. The van der Waals surface area contributed by atoms with Crippen LogP contribution in [0.3, 0.4) is 0 Å². The van der Waals surface area contributed by atoms with Gasteiger partial charge in [-0.05, 0) is 61.7 Å². The molecule has 28 heavy (non-hydrogen) atoms. The minimum Gasteiger partial charge on any atom is -0.347 e. The van der Waals surface area contributed by atoms with Gasteiger partial charge in [0.05, 0.1) is 31.5 Å². The quantitative estimate of drug-likeness (QED) is 0.554. The molecule has 1 N–H and O–H groups in total. The molecule has 0 spiro atoms. The maximum atomic E-state index is 12.1. The number of rotatable bonds is 5. The van der Waals surface area contributed by atoms with Gasteiger partial charge in [0.15, 0.2) is 5.79 Å². The molecule has 150 valence electrons. The number of hydrazone groups is 1. The predicted octanol–water partition coefficient (Wildman–Crippen LogP) is 4.08. The van der Waals surface area contributed by atoms with Gasteiger partial charge in [-0.3, -0.25) is 4.79 Å². The van der Waals surface area contributed by atoms with Crippen LogP contribution in [0, 0.1) is 27.7 Å². The second kappa shape index (κ2) is 8.19. The number of hydrogen-bond acceptors (Lipinski definition) is 4. The van der Waals surface area contributed by atoms with Crippen LogP contribution in [-0.2, 0) is 14.3 Å². The van der Waals surface area contributed by atoms with E-state index in [0.29, 0.717) is 13.2 Å². The summed E-state index contributed by atoms with van der Waals surface area (Å²) in [5.41, 5.74) is 9.22. The first-order chi connectivity index (χ1) is 13.2. The lowest BCUT2D eigenvalue weighted by Gasteiger charge is -2.20. The van der Waals surface area contributed by atoms with E-state index in [-0.39, 0.29) is 12.3 Å². The van der Waals surface area contributed by atoms with E-state index in [9.17, 15) is 4.79 Å². The lowest BCUT2D eigenvalue weighted by molar-refractivity contribution is -0.159. The molecule has 2 heterocycles.